The Labute approximate surface area is 284 Å². The molecule has 1 fully saturated rings. The van der Waals surface area contributed by atoms with Crippen LogP contribution in [0.15, 0.2) is 42.5 Å². The zero-order chi connectivity index (χ0) is 35.3. The number of rotatable bonds is 8. The van der Waals surface area contributed by atoms with Crippen molar-refractivity contribution in [2.75, 3.05) is 32.9 Å². The van der Waals surface area contributed by atoms with Crippen molar-refractivity contribution in [1.29, 1.82) is 0 Å². The molecule has 50 heavy (non-hydrogen) atoms. The largest absolute Gasteiger partial charge is 0.493 e. The van der Waals surface area contributed by atoms with Crippen molar-refractivity contribution >= 4 is 17.6 Å². The lowest BCUT2D eigenvalue weighted by atomic mass is 9.80. The van der Waals surface area contributed by atoms with E-state index in [0.29, 0.717) is 50.9 Å². The molecule has 3 aromatic rings. The van der Waals surface area contributed by atoms with Gasteiger partial charge in [-0.15, -0.1) is 0 Å². The van der Waals surface area contributed by atoms with E-state index in [4.69, 9.17) is 38.3 Å². The fourth-order valence-electron chi connectivity index (χ4n) is 6.83. The summed E-state index contributed by atoms with van der Waals surface area (Å²) in [5.74, 6) is 5.13. The van der Waals surface area contributed by atoms with Crippen LogP contribution in [-0.2, 0) is 19.1 Å². The van der Waals surface area contributed by atoms with Gasteiger partial charge >= 0.3 is 11.9 Å². The predicted molar refractivity (Wildman–Crippen MR) is 169 cm³/mol. The van der Waals surface area contributed by atoms with E-state index in [2.05, 4.69) is 17.3 Å². The number of nitrogens with one attached hydrogen (secondary N) is 1. The fraction of sp³-hybridized carbons (Fsp3) is 0.371. The van der Waals surface area contributed by atoms with Crippen LogP contribution in [-0.4, -0.2) is 95.2 Å². The van der Waals surface area contributed by atoms with Crippen LogP contribution in [0.4, 0.5) is 5.69 Å². The Bertz CT molecular complexity index is 1900. The molecule has 0 aliphatic carbocycles. The maximum atomic E-state index is 12.0. The third-order valence-electron chi connectivity index (χ3n) is 9.33. The predicted octanol–water partition coefficient (Wildman–Crippen LogP) is 2.11. The van der Waals surface area contributed by atoms with Gasteiger partial charge in [0, 0.05) is 29.2 Å². The van der Waals surface area contributed by atoms with E-state index >= 15 is 0 Å². The highest BCUT2D eigenvalue weighted by Gasteiger charge is 2.56. The van der Waals surface area contributed by atoms with Crippen molar-refractivity contribution in [1.82, 2.24) is 0 Å². The van der Waals surface area contributed by atoms with Gasteiger partial charge in [0.25, 0.3) is 0 Å². The van der Waals surface area contributed by atoms with Crippen LogP contribution in [0.3, 0.4) is 0 Å². The van der Waals surface area contributed by atoms with Gasteiger partial charge in [-0.1, -0.05) is 30.0 Å². The number of carboxylic acid groups (broad SMARTS) is 1. The molecular formula is C35H33NO14. The number of hydrogen-bond acceptors (Lipinski definition) is 14. The van der Waals surface area contributed by atoms with E-state index in [-0.39, 0.29) is 18.3 Å². The maximum Gasteiger partial charge on any atom is 0.317 e. The number of carboxylic acids is 1. The topological polar surface area (TPSA) is 212 Å². The van der Waals surface area contributed by atoms with Gasteiger partial charge in [-0.3, -0.25) is 20.3 Å². The number of hydrogen-bond donors (Lipinski definition) is 6. The van der Waals surface area contributed by atoms with Gasteiger partial charge in [-0.2, -0.15) is 0 Å². The van der Waals surface area contributed by atoms with Gasteiger partial charge in [0.15, 0.2) is 11.5 Å². The third kappa shape index (κ3) is 5.47. The Kier molecular flexibility index (Phi) is 8.58. The second-order valence-corrected chi connectivity index (χ2v) is 12.2. The van der Waals surface area contributed by atoms with Crippen molar-refractivity contribution < 1.29 is 68.4 Å². The number of carbonyl (C=O) groups excluding carboxylic acids is 1. The van der Waals surface area contributed by atoms with E-state index in [9.17, 15) is 30.1 Å². The molecule has 0 radical (unpaired) electrons. The summed E-state index contributed by atoms with van der Waals surface area (Å²) in [7, 11) is 3.06. The SMILES string of the molecule is COc1ccc2c(c1OC)OC1c3c(cc4c(c3-c3ccc(NO)cc3)C#CCC3(O)C(COC(=O)CC(=O)O)OC(O4)C(O)C3O)OCC21. The summed E-state index contributed by atoms with van der Waals surface area (Å²) >= 11 is 0. The molecule has 7 unspecified atom stereocenters. The van der Waals surface area contributed by atoms with Crippen LogP contribution >= 0.6 is 0 Å². The zero-order valence-electron chi connectivity index (χ0n) is 26.7. The summed E-state index contributed by atoms with van der Waals surface area (Å²) in [6.07, 6.45) is -8.66. The maximum absolute atomic E-state index is 12.0. The molecule has 8 rings (SSSR count). The van der Waals surface area contributed by atoms with Gasteiger partial charge in [0.1, 0.15) is 54.5 Å². The molecule has 0 saturated carbocycles. The molecule has 5 aliphatic rings. The summed E-state index contributed by atoms with van der Waals surface area (Å²) in [5.41, 5.74) is 3.27. The number of aliphatic hydroxyl groups is 3. The van der Waals surface area contributed by atoms with Crippen molar-refractivity contribution in [3.05, 3.63) is 59.2 Å². The van der Waals surface area contributed by atoms with E-state index in [1.165, 1.54) is 14.2 Å². The number of anilines is 1. The number of aliphatic hydroxyl groups excluding tert-OH is 2. The molecule has 15 nitrogen and oxygen atoms in total. The van der Waals surface area contributed by atoms with Gasteiger partial charge < -0.3 is 53.6 Å². The summed E-state index contributed by atoms with van der Waals surface area (Å²) in [6, 6.07) is 12.1. The fourth-order valence-corrected chi connectivity index (χ4v) is 6.83. The lowest BCUT2D eigenvalue weighted by molar-refractivity contribution is -0.312. The first kappa shape index (κ1) is 33.3. The Balaban J connectivity index is 1.36. The molecule has 6 N–H and O–H groups in total. The molecule has 0 aromatic heterocycles. The van der Waals surface area contributed by atoms with E-state index in [0.717, 1.165) is 5.56 Å². The van der Waals surface area contributed by atoms with Gasteiger partial charge in [0.05, 0.1) is 38.0 Å². The summed E-state index contributed by atoms with van der Waals surface area (Å²) in [5, 5.41) is 52.2. The smallest absolute Gasteiger partial charge is 0.317 e. The molecule has 0 amide bonds. The molecule has 3 aromatic carbocycles. The van der Waals surface area contributed by atoms with Crippen LogP contribution in [0.25, 0.3) is 11.1 Å². The van der Waals surface area contributed by atoms with Crippen molar-refractivity contribution in [3.8, 4) is 51.7 Å². The quantitative estimate of drug-likeness (QED) is 0.0864. The molecule has 2 bridgehead atoms. The summed E-state index contributed by atoms with van der Waals surface area (Å²) in [6.45, 7) is -0.435. The number of benzene rings is 3. The highest BCUT2D eigenvalue weighted by Crippen LogP contribution is 2.59. The number of esters is 1. The minimum atomic E-state index is -2.25. The van der Waals surface area contributed by atoms with Crippen LogP contribution < -0.4 is 29.2 Å². The number of fused-ring (bicyclic) bond motifs is 8. The van der Waals surface area contributed by atoms with Gasteiger partial charge in [0.2, 0.25) is 12.0 Å². The van der Waals surface area contributed by atoms with E-state index in [1.807, 2.05) is 6.07 Å². The molecule has 1 saturated heterocycles. The number of carbonyl (C=O) groups is 2. The number of ether oxygens (including phenoxy) is 7. The molecular weight excluding hydrogens is 658 g/mol. The van der Waals surface area contributed by atoms with E-state index in [1.54, 1.807) is 36.4 Å². The second kappa shape index (κ2) is 12.9. The Morgan fingerprint density at radius 2 is 1.84 bits per heavy atom. The molecule has 15 heteroatoms. The van der Waals surface area contributed by atoms with Gasteiger partial charge in [-0.05, 0) is 23.8 Å². The van der Waals surface area contributed by atoms with Crippen LogP contribution in [0.5, 0.6) is 28.7 Å². The highest BCUT2D eigenvalue weighted by molar-refractivity contribution is 5.90. The summed E-state index contributed by atoms with van der Waals surface area (Å²) < 4.78 is 41.3. The first-order valence-electron chi connectivity index (χ1n) is 15.6. The molecule has 7 atom stereocenters. The van der Waals surface area contributed by atoms with Crippen LogP contribution in [0.1, 0.15) is 41.6 Å². The van der Waals surface area contributed by atoms with Gasteiger partial charge in [-0.25, -0.2) is 0 Å². The van der Waals surface area contributed by atoms with Crippen LogP contribution in [0, 0.1) is 11.8 Å². The lowest BCUT2D eigenvalue weighted by Crippen LogP contribution is -2.68. The Morgan fingerprint density at radius 1 is 1.06 bits per heavy atom. The highest BCUT2D eigenvalue weighted by atomic mass is 16.7. The molecule has 5 aliphatic heterocycles. The monoisotopic (exact) mass is 691 g/mol. The molecule has 262 valence electrons. The molecule has 0 spiro atoms. The standard InChI is InChI=1S/C35H33NO14/c1-44-21-10-9-18-20-14-46-23-12-22-19(27(16-5-7-17(36-43)8-6-16)28(23)30(20)50-31(18)32(21)45-2)4-3-11-35(42)24(15-47-26(39)13-25(37)38)49-34(48-22)29(40)33(35)41/h5-10,12,20,24,29-30,33-34,36,40-43H,11,13-15H2,1-2H3,(H,37,38). The minimum absolute atomic E-state index is 0.106. The van der Waals surface area contributed by atoms with Crippen molar-refractivity contribution in [2.24, 2.45) is 0 Å². The van der Waals surface area contributed by atoms with Crippen molar-refractivity contribution in [3.63, 3.8) is 0 Å². The number of aliphatic carboxylic acids is 1. The average molecular weight is 692 g/mol. The molecule has 5 heterocycles. The first-order chi connectivity index (χ1) is 24.1. The zero-order valence-corrected chi connectivity index (χ0v) is 26.7. The second-order valence-electron chi connectivity index (χ2n) is 12.2. The van der Waals surface area contributed by atoms with Crippen LogP contribution in [0.2, 0.25) is 0 Å². The lowest BCUT2D eigenvalue weighted by Gasteiger charge is -2.47. The van der Waals surface area contributed by atoms with Crippen molar-refractivity contribution in [2.45, 2.75) is 55.1 Å². The van der Waals surface area contributed by atoms with E-state index < -0.39 is 67.7 Å². The Morgan fingerprint density at radius 3 is 2.54 bits per heavy atom. The minimum Gasteiger partial charge on any atom is -0.493 e. The normalized spacial score (nSPS) is 26.9. The average Bonchev–Trinajstić information content (AvgIpc) is 3.49. The third-order valence-corrected chi connectivity index (χ3v) is 9.33. The first-order valence-corrected chi connectivity index (χ1v) is 15.6. The number of methoxy groups -OCH3 is 2. The summed E-state index contributed by atoms with van der Waals surface area (Å²) in [4.78, 5) is 22.9. The Hall–Kier alpha value is -5.24.